The highest BCUT2D eigenvalue weighted by atomic mass is 35.5. The summed E-state index contributed by atoms with van der Waals surface area (Å²) >= 11 is 6.21. The van der Waals surface area contributed by atoms with Gasteiger partial charge in [0, 0.05) is 5.02 Å². The Morgan fingerprint density at radius 2 is 0.692 bits per heavy atom. The third kappa shape index (κ3) is 2.85. The van der Waals surface area contributed by atoms with Gasteiger partial charge >= 0.3 is 0 Å². The zero-order valence-corrected chi connectivity index (χ0v) is 15.2. The predicted molar refractivity (Wildman–Crippen MR) is 115 cm³/mol. The molecule has 0 aliphatic rings. The molecule has 0 N–H and O–H groups in total. The maximum absolute atomic E-state index is 6.21. The van der Waals surface area contributed by atoms with Crippen LogP contribution in [0.3, 0.4) is 0 Å². The third-order valence-corrected chi connectivity index (χ3v) is 5.52. The van der Waals surface area contributed by atoms with E-state index in [1.54, 1.807) is 0 Å². The van der Waals surface area contributed by atoms with Gasteiger partial charge in [-0.25, -0.2) is 0 Å². The van der Waals surface area contributed by atoms with E-state index in [0.717, 1.165) is 5.02 Å². The highest BCUT2D eigenvalue weighted by Crippen LogP contribution is 2.12. The Labute approximate surface area is 160 Å². The minimum atomic E-state index is -1.29. The zero-order chi connectivity index (χ0) is 17.8. The van der Waals surface area contributed by atoms with Crippen molar-refractivity contribution in [2.45, 2.75) is 0 Å². The fourth-order valence-corrected chi connectivity index (χ4v) is 4.26. The van der Waals surface area contributed by atoms with E-state index in [2.05, 4.69) is 103 Å². The molecule has 0 amide bonds. The lowest BCUT2D eigenvalue weighted by atomic mass is 9.13. The van der Waals surface area contributed by atoms with Gasteiger partial charge < -0.3 is 0 Å². The molecule has 2 heteroatoms. The molecule has 0 saturated heterocycles. The highest BCUT2D eigenvalue weighted by Gasteiger charge is 2.31. The minimum Gasteiger partial charge on any atom is -0.195 e. The molecule has 0 saturated carbocycles. The molecule has 0 bridgehead atoms. The van der Waals surface area contributed by atoms with Crippen LogP contribution in [0.4, 0.5) is 0 Å². The normalized spacial score (nSPS) is 11.3. The first-order chi connectivity index (χ1) is 12.8. The van der Waals surface area contributed by atoms with Gasteiger partial charge in [-0.05, 0) is 12.1 Å². The lowest BCUT2D eigenvalue weighted by Gasteiger charge is -2.44. The van der Waals surface area contributed by atoms with E-state index in [4.69, 9.17) is 11.6 Å². The second kappa shape index (κ2) is 7.23. The van der Waals surface area contributed by atoms with Crippen molar-refractivity contribution in [1.29, 1.82) is 0 Å². The molecule has 4 rings (SSSR count). The molecule has 0 aliphatic carbocycles. The lowest BCUT2D eigenvalue weighted by molar-refractivity contribution is 1.66. The Morgan fingerprint density at radius 3 is 1.04 bits per heavy atom. The largest absolute Gasteiger partial charge is 0.195 e. The molecule has 26 heavy (non-hydrogen) atoms. The topological polar surface area (TPSA) is 0 Å². The molecule has 0 aromatic heterocycles. The number of halogens is 1. The number of benzene rings is 4. The van der Waals surface area contributed by atoms with Crippen LogP contribution in [-0.2, 0) is 0 Å². The zero-order valence-electron chi connectivity index (χ0n) is 14.4. The smallest absolute Gasteiger partial charge is 0.108 e. The molecule has 0 aliphatic heterocycles. The van der Waals surface area contributed by atoms with Crippen LogP contribution in [0.5, 0.6) is 0 Å². The fraction of sp³-hybridized carbons (Fsp3) is 0. The fourth-order valence-electron chi connectivity index (χ4n) is 4.13. The number of hydrogen-bond acceptors (Lipinski definition) is 0. The molecule has 0 radical (unpaired) electrons. The van der Waals surface area contributed by atoms with Gasteiger partial charge in [0.2, 0.25) is 0 Å². The molecule has 0 atom stereocenters. The summed E-state index contributed by atoms with van der Waals surface area (Å²) in [6.07, 6.45) is -1.29. The van der Waals surface area contributed by atoms with Crippen LogP contribution in [0, 0.1) is 0 Å². The number of hydrogen-bond donors (Lipinski definition) is 0. The van der Waals surface area contributed by atoms with Crippen molar-refractivity contribution in [2.24, 2.45) is 0 Å². The van der Waals surface area contributed by atoms with Crippen LogP contribution in [0.15, 0.2) is 115 Å². The third-order valence-electron chi connectivity index (χ3n) is 5.27. The molecule has 0 heterocycles. The maximum Gasteiger partial charge on any atom is 0.108 e. The minimum absolute atomic E-state index is 0.757. The molecule has 0 fully saturated rings. The Morgan fingerprint density at radius 1 is 0.385 bits per heavy atom. The molecule has 4 aromatic carbocycles. The van der Waals surface area contributed by atoms with E-state index in [1.807, 2.05) is 12.1 Å². The van der Waals surface area contributed by atoms with E-state index in [0.29, 0.717) is 0 Å². The maximum atomic E-state index is 6.21. The average molecular weight is 354 g/mol. The van der Waals surface area contributed by atoms with Crippen molar-refractivity contribution in [3.8, 4) is 0 Å². The van der Waals surface area contributed by atoms with E-state index in [9.17, 15) is 0 Å². The first kappa shape index (κ1) is 16.7. The van der Waals surface area contributed by atoms with Gasteiger partial charge in [-0.15, -0.1) is 0 Å². The van der Waals surface area contributed by atoms with Gasteiger partial charge in [0.25, 0.3) is 0 Å². The van der Waals surface area contributed by atoms with Crippen molar-refractivity contribution in [1.82, 2.24) is 0 Å². The van der Waals surface area contributed by atoms with Crippen LogP contribution in [0.2, 0.25) is 5.02 Å². The molecule has 4 aromatic rings. The summed E-state index contributed by atoms with van der Waals surface area (Å²) in [6.45, 7) is 0. The quantitative estimate of drug-likeness (QED) is 0.491. The predicted octanol–water partition coefficient (Wildman–Crippen LogP) is 3.72. The van der Waals surface area contributed by atoms with E-state index >= 15 is 0 Å². The second-order valence-electron chi connectivity index (χ2n) is 6.65. The Balaban J connectivity index is 2.12. The monoisotopic (exact) mass is 353 g/mol. The summed E-state index contributed by atoms with van der Waals surface area (Å²) in [5, 5.41) is 0.757. The summed E-state index contributed by atoms with van der Waals surface area (Å²) in [4.78, 5) is 0. The van der Waals surface area contributed by atoms with Gasteiger partial charge in [0.1, 0.15) is 6.15 Å². The van der Waals surface area contributed by atoms with Crippen LogP contribution < -0.4 is 21.9 Å². The molecule has 0 nitrogen and oxygen atoms in total. The average Bonchev–Trinajstić information content (AvgIpc) is 2.72. The van der Waals surface area contributed by atoms with Gasteiger partial charge in [-0.3, -0.25) is 0 Å². The van der Waals surface area contributed by atoms with Crippen molar-refractivity contribution in [3.05, 3.63) is 120 Å². The van der Waals surface area contributed by atoms with Crippen LogP contribution in [0.1, 0.15) is 0 Å². The second-order valence-corrected chi connectivity index (χ2v) is 7.09. The summed E-state index contributed by atoms with van der Waals surface area (Å²) in [7, 11) is 0. The standard InChI is InChI=1S/C24H19BCl/c26-24-18-16-23(17-19-24)25(20-10-4-1-5-11-20,21-12-6-2-7-13-21)22-14-8-3-9-15-22/h1-19H/q-1. The Bertz CT molecular complexity index is 868. The van der Waals surface area contributed by atoms with Crippen LogP contribution >= 0.6 is 11.6 Å². The van der Waals surface area contributed by atoms with Gasteiger partial charge in [0.15, 0.2) is 0 Å². The SMILES string of the molecule is Clc1ccc([B-](c2ccccc2)(c2ccccc2)c2ccccc2)cc1. The molecular weight excluding hydrogens is 335 g/mol. The highest BCUT2D eigenvalue weighted by molar-refractivity contribution is 7.19. The molecule has 126 valence electrons. The summed E-state index contributed by atoms with van der Waals surface area (Å²) in [5.74, 6) is 0. The number of rotatable bonds is 4. The Kier molecular flexibility index (Phi) is 4.64. The van der Waals surface area contributed by atoms with Gasteiger partial charge in [0.05, 0.1) is 0 Å². The van der Waals surface area contributed by atoms with Crippen LogP contribution in [0.25, 0.3) is 0 Å². The first-order valence-corrected chi connectivity index (χ1v) is 9.28. The van der Waals surface area contributed by atoms with E-state index in [-0.39, 0.29) is 0 Å². The summed E-state index contributed by atoms with van der Waals surface area (Å²) < 4.78 is 0. The van der Waals surface area contributed by atoms with Crippen molar-refractivity contribution < 1.29 is 0 Å². The molecular formula is C24H19BCl-. The van der Waals surface area contributed by atoms with Crippen molar-refractivity contribution in [2.75, 3.05) is 0 Å². The summed E-state index contributed by atoms with van der Waals surface area (Å²) in [5.41, 5.74) is 5.16. The van der Waals surface area contributed by atoms with Crippen molar-refractivity contribution >= 4 is 39.6 Å². The van der Waals surface area contributed by atoms with Crippen LogP contribution in [-0.4, -0.2) is 6.15 Å². The molecule has 0 unspecified atom stereocenters. The lowest BCUT2D eigenvalue weighted by Crippen LogP contribution is -2.74. The first-order valence-electron chi connectivity index (χ1n) is 8.90. The Hall–Kier alpha value is -2.77. The van der Waals surface area contributed by atoms with Crippen molar-refractivity contribution in [3.63, 3.8) is 0 Å². The van der Waals surface area contributed by atoms with E-state index < -0.39 is 6.15 Å². The van der Waals surface area contributed by atoms with Gasteiger partial charge in [-0.1, -0.05) is 115 Å². The van der Waals surface area contributed by atoms with E-state index in [1.165, 1.54) is 21.9 Å². The molecule has 0 spiro atoms. The summed E-state index contributed by atoms with van der Waals surface area (Å²) in [6, 6.07) is 40.6. The van der Waals surface area contributed by atoms with Gasteiger partial charge in [-0.2, -0.15) is 21.9 Å².